The van der Waals surface area contributed by atoms with Crippen molar-refractivity contribution in [2.24, 2.45) is 0 Å². The van der Waals surface area contributed by atoms with Crippen LogP contribution in [0.4, 0.5) is 21.0 Å². The highest BCUT2D eigenvalue weighted by Crippen LogP contribution is 2.45. The first-order valence-corrected chi connectivity index (χ1v) is 26.0. The first-order chi connectivity index (χ1) is 37.3. The number of hydrogen-bond donors (Lipinski definition) is 1. The van der Waals surface area contributed by atoms with Gasteiger partial charge in [0.25, 0.3) is 11.8 Å². The Morgan fingerprint density at radius 1 is 0.675 bits per heavy atom. The van der Waals surface area contributed by atoms with Crippen molar-refractivity contribution in [2.45, 2.75) is 62.0 Å². The molecular weight excluding hydrogens is 1010 g/mol. The number of amides is 4. The van der Waals surface area contributed by atoms with Gasteiger partial charge in [-0.15, -0.1) is 0 Å². The maximum Gasteiger partial charge on any atom is 0.416 e. The Balaban J connectivity index is 0.977. The molecule has 1 aromatic heterocycles. The van der Waals surface area contributed by atoms with Gasteiger partial charge in [-0.05, 0) is 78.6 Å². The molecule has 4 atom stereocenters. The number of carbonyl (C=O) groups excluding carboxylic acids is 4. The first-order valence-electron chi connectivity index (χ1n) is 24.5. The van der Waals surface area contributed by atoms with Gasteiger partial charge >= 0.3 is 12.2 Å². The minimum absolute atomic E-state index is 0.0828. The number of ether oxygens (including phenoxy) is 8. The molecule has 4 aliphatic rings. The lowest BCUT2D eigenvalue weighted by molar-refractivity contribution is 0.00854. The number of pyridine rings is 1. The van der Waals surface area contributed by atoms with Crippen LogP contribution in [0.25, 0.3) is 5.57 Å². The van der Waals surface area contributed by atoms with E-state index in [1.165, 1.54) is 81.7 Å². The van der Waals surface area contributed by atoms with Crippen LogP contribution in [-0.4, -0.2) is 127 Å². The fourth-order valence-electron chi connectivity index (χ4n) is 10.1. The van der Waals surface area contributed by atoms with Crippen molar-refractivity contribution in [3.05, 3.63) is 162 Å². The van der Waals surface area contributed by atoms with Crippen molar-refractivity contribution < 1.29 is 65.5 Å². The SMILES string of the molecule is C=CCOC(=O)N1c2cc(OCc3cccc(COc4cc5c(cc4OC)C(=O)N4Cc6ccccc6C[C@H]4C(OC)N5C(=O)OCC=C)n3)c(OC)cc2C(=O)N2CC=C(c3ccc(S(=O)(=O)NC)cc3)CC2C1OC. The van der Waals surface area contributed by atoms with E-state index >= 15 is 0 Å². The number of sulfonamides is 1. The second-order valence-electron chi connectivity index (χ2n) is 18.1. The van der Waals surface area contributed by atoms with E-state index in [9.17, 15) is 27.6 Å². The first kappa shape index (κ1) is 53.6. The van der Waals surface area contributed by atoms with E-state index in [0.717, 1.165) is 22.3 Å². The molecule has 4 amide bonds. The van der Waals surface area contributed by atoms with E-state index in [4.69, 9.17) is 42.9 Å². The molecule has 1 N–H and O–H groups in total. The summed E-state index contributed by atoms with van der Waals surface area (Å²) < 4.78 is 74.9. The van der Waals surface area contributed by atoms with Crippen molar-refractivity contribution in [3.63, 3.8) is 0 Å². The average molecular weight is 1070 g/mol. The summed E-state index contributed by atoms with van der Waals surface area (Å²) in [4.78, 5) is 68.2. The number of benzene rings is 4. The molecule has 0 aliphatic carbocycles. The third kappa shape index (κ3) is 10.5. The number of hydrogen-bond acceptors (Lipinski definition) is 15. The van der Waals surface area contributed by atoms with Gasteiger partial charge in [0, 0.05) is 39.4 Å². The lowest BCUT2D eigenvalue weighted by atomic mass is 9.92. The van der Waals surface area contributed by atoms with Crippen LogP contribution in [0.3, 0.4) is 0 Å². The lowest BCUT2D eigenvalue weighted by Gasteiger charge is -2.41. The number of nitrogens with zero attached hydrogens (tertiary/aromatic N) is 5. The van der Waals surface area contributed by atoms with Crippen LogP contribution >= 0.6 is 0 Å². The summed E-state index contributed by atoms with van der Waals surface area (Å²) in [5.41, 5.74) is 5.17. The van der Waals surface area contributed by atoms with Crippen LogP contribution < -0.4 is 33.5 Å². The fourth-order valence-corrected chi connectivity index (χ4v) is 10.8. The summed E-state index contributed by atoms with van der Waals surface area (Å²) in [7, 11) is 3.46. The van der Waals surface area contributed by atoms with E-state index in [0.29, 0.717) is 24.4 Å². The third-order valence-electron chi connectivity index (χ3n) is 13.8. The van der Waals surface area contributed by atoms with Gasteiger partial charge in [0.15, 0.2) is 35.5 Å². The van der Waals surface area contributed by atoms with E-state index < -0.39 is 52.7 Å². The van der Waals surface area contributed by atoms with Gasteiger partial charge in [0.1, 0.15) is 26.4 Å². The Kier molecular flexibility index (Phi) is 16.0. The van der Waals surface area contributed by atoms with Crippen molar-refractivity contribution in [1.82, 2.24) is 19.5 Å². The Bertz CT molecular complexity index is 3260. The van der Waals surface area contributed by atoms with Crippen LogP contribution in [0, 0.1) is 0 Å². The molecule has 4 aromatic carbocycles. The highest BCUT2D eigenvalue weighted by Gasteiger charge is 2.48. The van der Waals surface area contributed by atoms with Gasteiger partial charge in [0.2, 0.25) is 10.0 Å². The number of aromatic nitrogens is 1. The highest BCUT2D eigenvalue weighted by atomic mass is 32.2. The van der Waals surface area contributed by atoms with Crippen molar-refractivity contribution in [1.29, 1.82) is 0 Å². The second kappa shape index (κ2) is 22.9. The fraction of sp³-hybridized carbons (Fsp3) is 0.304. The monoisotopic (exact) mass is 1070 g/mol. The number of nitrogens with one attached hydrogen (secondary N) is 1. The largest absolute Gasteiger partial charge is 0.493 e. The number of anilines is 2. The molecular formula is C56H58N6O14S. The zero-order valence-corrected chi connectivity index (χ0v) is 43.9. The summed E-state index contributed by atoms with van der Waals surface area (Å²) in [6.07, 6.45) is 1.85. The van der Waals surface area contributed by atoms with Crippen LogP contribution in [0.2, 0.25) is 0 Å². The Hall–Kier alpha value is -8.24. The Morgan fingerprint density at radius 3 is 1.70 bits per heavy atom. The predicted octanol–water partition coefficient (Wildman–Crippen LogP) is 7.26. The predicted molar refractivity (Wildman–Crippen MR) is 282 cm³/mol. The second-order valence-corrected chi connectivity index (χ2v) is 20.0. The summed E-state index contributed by atoms with van der Waals surface area (Å²) in [6, 6.07) is 24.4. The minimum Gasteiger partial charge on any atom is -0.493 e. The van der Waals surface area contributed by atoms with Crippen molar-refractivity contribution >= 4 is 51.0 Å². The Labute approximate surface area is 446 Å². The molecule has 21 heteroatoms. The molecule has 402 valence electrons. The molecule has 0 spiro atoms. The van der Waals surface area contributed by atoms with Crippen LogP contribution in [0.15, 0.2) is 127 Å². The molecule has 0 bridgehead atoms. The summed E-state index contributed by atoms with van der Waals surface area (Å²) in [5, 5.41) is 0. The number of methoxy groups -OCH3 is 4. The maximum absolute atomic E-state index is 14.6. The van der Waals surface area contributed by atoms with Gasteiger partial charge in [-0.1, -0.05) is 73.9 Å². The normalized spacial score (nSPS) is 18.7. The zero-order valence-electron chi connectivity index (χ0n) is 43.1. The molecule has 0 saturated heterocycles. The molecule has 20 nitrogen and oxygen atoms in total. The molecule has 5 heterocycles. The van der Waals surface area contributed by atoms with Gasteiger partial charge in [-0.2, -0.15) is 0 Å². The summed E-state index contributed by atoms with van der Waals surface area (Å²) in [6.45, 7) is 7.41. The van der Waals surface area contributed by atoms with Gasteiger partial charge in [-0.25, -0.2) is 32.5 Å². The molecule has 5 aromatic rings. The topological polar surface area (TPSA) is 214 Å². The number of fused-ring (bicyclic) bond motifs is 5. The van der Waals surface area contributed by atoms with E-state index in [-0.39, 0.29) is 95.7 Å². The molecule has 77 heavy (non-hydrogen) atoms. The number of carbonyl (C=O) groups is 4. The van der Waals surface area contributed by atoms with Gasteiger partial charge < -0.3 is 47.7 Å². The third-order valence-corrected chi connectivity index (χ3v) is 15.3. The van der Waals surface area contributed by atoms with E-state index in [2.05, 4.69) is 17.9 Å². The highest BCUT2D eigenvalue weighted by molar-refractivity contribution is 7.89. The van der Waals surface area contributed by atoms with Crippen LogP contribution in [-0.2, 0) is 55.2 Å². The van der Waals surface area contributed by atoms with Crippen molar-refractivity contribution in [2.75, 3.05) is 65.0 Å². The smallest absolute Gasteiger partial charge is 0.416 e. The van der Waals surface area contributed by atoms with E-state index in [1.807, 2.05) is 30.3 Å². The molecule has 0 radical (unpaired) electrons. The quantitative estimate of drug-likeness (QED) is 0.0908. The maximum atomic E-state index is 14.6. The molecule has 4 aliphatic heterocycles. The zero-order chi connectivity index (χ0) is 54.5. The average Bonchev–Trinajstić information content (AvgIpc) is 3.66. The van der Waals surface area contributed by atoms with Crippen LogP contribution in [0.1, 0.15) is 55.2 Å². The lowest BCUT2D eigenvalue weighted by Crippen LogP contribution is -2.56. The molecule has 0 saturated carbocycles. The number of rotatable bonds is 17. The minimum atomic E-state index is -3.68. The van der Waals surface area contributed by atoms with Crippen LogP contribution in [0.5, 0.6) is 23.0 Å². The van der Waals surface area contributed by atoms with Gasteiger partial charge in [-0.3, -0.25) is 14.6 Å². The van der Waals surface area contributed by atoms with Gasteiger partial charge in [0.05, 0.1) is 65.1 Å². The molecule has 3 unspecified atom stereocenters. The van der Waals surface area contributed by atoms with E-state index in [1.54, 1.807) is 52.3 Å². The summed E-state index contributed by atoms with van der Waals surface area (Å²) >= 11 is 0. The Morgan fingerprint density at radius 2 is 1.19 bits per heavy atom. The molecule has 9 rings (SSSR count). The standard InChI is InChI=1S/C56H58N6O14S/c1-8-23-73-55(65)61-43-29-49(47(69-4)27-41(43)51(63)59-22-21-36(26-45(59)53(61)71-6)34-17-19-40(20-18-34)77(67,68)57-3)75-32-38-15-12-16-39(58-38)33-76-50-30-44-42(28-48(50)70-5)52(64)60-31-37-14-11-10-13-35(37)25-46(60)54(72-7)62(44)56(66)74-24-9-2/h8-21,27-30,45-46,53-54,57H,1-2,22-26,31-33H2,3-7H3/t45?,46-,53?,54?/m0/s1. The van der Waals surface area contributed by atoms with Crippen molar-refractivity contribution in [3.8, 4) is 23.0 Å². The molecule has 0 fully saturated rings. The summed E-state index contributed by atoms with van der Waals surface area (Å²) in [5.74, 6) is 0.0654.